The molecule has 0 radical (unpaired) electrons. The molecule has 0 bridgehead atoms. The molecule has 5 heteroatoms. The zero-order valence-corrected chi connectivity index (χ0v) is 20.8. The molecule has 1 amide bonds. The van der Waals surface area contributed by atoms with Gasteiger partial charge in [-0.2, -0.15) is 0 Å². The molecule has 0 spiro atoms. The molecule has 2 fully saturated rings. The molecule has 4 rings (SSSR count). The number of benzene rings is 2. The van der Waals surface area contributed by atoms with Gasteiger partial charge in [-0.05, 0) is 87.4 Å². The summed E-state index contributed by atoms with van der Waals surface area (Å²) in [4.78, 5) is 17.6. The van der Waals surface area contributed by atoms with Crippen molar-refractivity contribution >= 4 is 23.1 Å². The molecule has 2 heterocycles. The van der Waals surface area contributed by atoms with Gasteiger partial charge in [0, 0.05) is 42.8 Å². The number of piperidine rings is 2. The van der Waals surface area contributed by atoms with E-state index < -0.39 is 0 Å². The number of carbonyl (C=O) groups excluding carboxylic acids is 1. The molecule has 2 aromatic rings. The standard InChI is InChI=1S/C28H35ClN2O2/c1-4-33-25-10-8-22(9-11-25)20(2)23-12-16-30(17-13-23)24-14-18-31(19-15-24)28(32)26-6-5-7-27(29)21(26)3/h5-11,24H,4,12-19H2,1-3H3. The lowest BCUT2D eigenvalue weighted by Crippen LogP contribution is -2.48. The smallest absolute Gasteiger partial charge is 0.254 e. The summed E-state index contributed by atoms with van der Waals surface area (Å²) in [5.41, 5.74) is 5.89. The van der Waals surface area contributed by atoms with Gasteiger partial charge in [-0.3, -0.25) is 9.69 Å². The maximum atomic E-state index is 13.0. The molecule has 0 aromatic heterocycles. The van der Waals surface area contributed by atoms with Crippen LogP contribution in [0.2, 0.25) is 5.02 Å². The largest absolute Gasteiger partial charge is 0.494 e. The van der Waals surface area contributed by atoms with Crippen LogP contribution in [0.15, 0.2) is 48.0 Å². The average molecular weight is 467 g/mol. The monoisotopic (exact) mass is 466 g/mol. The van der Waals surface area contributed by atoms with Gasteiger partial charge in [0.25, 0.3) is 5.91 Å². The van der Waals surface area contributed by atoms with Gasteiger partial charge in [0.1, 0.15) is 5.75 Å². The Morgan fingerprint density at radius 1 is 1.03 bits per heavy atom. The SMILES string of the molecule is CCOc1ccc(C(C)=C2CCN(C3CCN(C(=O)c4cccc(Cl)c4C)CC3)CC2)cc1. The van der Waals surface area contributed by atoms with Gasteiger partial charge >= 0.3 is 0 Å². The highest BCUT2D eigenvalue weighted by Crippen LogP contribution is 2.30. The second-order valence-corrected chi connectivity index (χ2v) is 9.56. The van der Waals surface area contributed by atoms with Gasteiger partial charge in [0.05, 0.1) is 6.61 Å². The summed E-state index contributed by atoms with van der Waals surface area (Å²) in [5.74, 6) is 1.05. The molecule has 33 heavy (non-hydrogen) atoms. The van der Waals surface area contributed by atoms with Gasteiger partial charge in [-0.25, -0.2) is 0 Å². The number of likely N-dealkylation sites (tertiary alicyclic amines) is 2. The fourth-order valence-electron chi connectivity index (χ4n) is 5.15. The summed E-state index contributed by atoms with van der Waals surface area (Å²) in [7, 11) is 0. The Kier molecular flexibility index (Phi) is 7.77. The predicted molar refractivity (Wildman–Crippen MR) is 136 cm³/mol. The first-order valence-electron chi connectivity index (χ1n) is 12.2. The van der Waals surface area contributed by atoms with Gasteiger partial charge in [-0.15, -0.1) is 0 Å². The number of rotatable bonds is 5. The lowest BCUT2D eigenvalue weighted by atomic mass is 9.92. The lowest BCUT2D eigenvalue weighted by Gasteiger charge is -2.41. The van der Waals surface area contributed by atoms with Gasteiger partial charge in [0.2, 0.25) is 0 Å². The molecule has 2 aromatic carbocycles. The summed E-state index contributed by atoms with van der Waals surface area (Å²) >= 11 is 6.23. The third-order valence-corrected chi connectivity index (χ3v) is 7.71. The summed E-state index contributed by atoms with van der Waals surface area (Å²) in [6.45, 7) is 10.7. The highest BCUT2D eigenvalue weighted by atomic mass is 35.5. The summed E-state index contributed by atoms with van der Waals surface area (Å²) < 4.78 is 5.57. The highest BCUT2D eigenvalue weighted by Gasteiger charge is 2.29. The van der Waals surface area contributed by atoms with Crippen molar-refractivity contribution in [3.63, 3.8) is 0 Å². The first-order valence-corrected chi connectivity index (χ1v) is 12.6. The molecule has 176 valence electrons. The molecule has 0 atom stereocenters. The number of halogens is 1. The number of nitrogens with zero attached hydrogens (tertiary/aromatic N) is 2. The van der Waals surface area contributed by atoms with E-state index in [2.05, 4.69) is 36.1 Å². The van der Waals surface area contributed by atoms with E-state index in [-0.39, 0.29) is 5.91 Å². The van der Waals surface area contributed by atoms with Crippen LogP contribution in [0.25, 0.3) is 5.57 Å². The number of carbonyl (C=O) groups is 1. The number of hydrogen-bond donors (Lipinski definition) is 0. The first kappa shape index (κ1) is 23.8. The molecule has 2 saturated heterocycles. The van der Waals surface area contributed by atoms with E-state index in [0.29, 0.717) is 17.7 Å². The quantitative estimate of drug-likeness (QED) is 0.524. The molecular formula is C28H35ClN2O2. The molecule has 2 aliphatic rings. The number of ether oxygens (including phenoxy) is 1. The van der Waals surface area contributed by atoms with Gasteiger partial charge < -0.3 is 9.64 Å². The van der Waals surface area contributed by atoms with Crippen LogP contribution in [0.3, 0.4) is 0 Å². The fourth-order valence-corrected chi connectivity index (χ4v) is 5.32. The van der Waals surface area contributed by atoms with E-state index in [4.69, 9.17) is 16.3 Å². The van der Waals surface area contributed by atoms with Crippen LogP contribution in [0.1, 0.15) is 61.0 Å². The van der Waals surface area contributed by atoms with E-state index in [1.54, 1.807) is 5.57 Å². The fraction of sp³-hybridized carbons (Fsp3) is 0.464. The Hall–Kier alpha value is -2.30. The summed E-state index contributed by atoms with van der Waals surface area (Å²) in [6, 6.07) is 14.7. The summed E-state index contributed by atoms with van der Waals surface area (Å²) in [5, 5.41) is 0.661. The van der Waals surface area contributed by atoms with Gasteiger partial charge in [0.15, 0.2) is 0 Å². The van der Waals surface area contributed by atoms with E-state index in [1.807, 2.05) is 36.9 Å². The van der Waals surface area contributed by atoms with Crippen LogP contribution < -0.4 is 4.74 Å². The molecule has 0 unspecified atom stereocenters. The average Bonchev–Trinajstić information content (AvgIpc) is 2.86. The Morgan fingerprint density at radius 3 is 2.33 bits per heavy atom. The Bertz CT molecular complexity index is 997. The van der Waals surface area contributed by atoms with E-state index >= 15 is 0 Å². The third-order valence-electron chi connectivity index (χ3n) is 7.30. The molecule has 2 aliphatic heterocycles. The van der Waals surface area contributed by atoms with Crippen molar-refractivity contribution in [3.05, 3.63) is 69.8 Å². The van der Waals surface area contributed by atoms with Crippen molar-refractivity contribution < 1.29 is 9.53 Å². The van der Waals surface area contributed by atoms with E-state index in [0.717, 1.165) is 68.7 Å². The number of hydrogen-bond acceptors (Lipinski definition) is 3. The van der Waals surface area contributed by atoms with Crippen LogP contribution >= 0.6 is 11.6 Å². The van der Waals surface area contributed by atoms with Crippen molar-refractivity contribution in [2.24, 2.45) is 0 Å². The molecule has 0 saturated carbocycles. The minimum absolute atomic E-state index is 0.114. The number of amides is 1. The third kappa shape index (κ3) is 5.44. The van der Waals surface area contributed by atoms with Crippen molar-refractivity contribution in [1.29, 1.82) is 0 Å². The molecule has 0 N–H and O–H groups in total. The Balaban J connectivity index is 1.31. The predicted octanol–water partition coefficient (Wildman–Crippen LogP) is 6.22. The number of allylic oxidation sites excluding steroid dienone is 1. The van der Waals surface area contributed by atoms with Crippen molar-refractivity contribution in [1.82, 2.24) is 9.80 Å². The zero-order valence-electron chi connectivity index (χ0n) is 20.1. The second-order valence-electron chi connectivity index (χ2n) is 9.16. The minimum atomic E-state index is 0.114. The van der Waals surface area contributed by atoms with Crippen LogP contribution in [-0.4, -0.2) is 54.5 Å². The molecule has 4 nitrogen and oxygen atoms in total. The Morgan fingerprint density at radius 2 is 1.70 bits per heavy atom. The molecular weight excluding hydrogens is 432 g/mol. The van der Waals surface area contributed by atoms with Crippen molar-refractivity contribution in [3.8, 4) is 5.75 Å². The van der Waals surface area contributed by atoms with Gasteiger partial charge in [-0.1, -0.05) is 35.4 Å². The minimum Gasteiger partial charge on any atom is -0.494 e. The second kappa shape index (κ2) is 10.8. The van der Waals surface area contributed by atoms with E-state index in [1.165, 1.54) is 11.1 Å². The maximum Gasteiger partial charge on any atom is 0.254 e. The normalized spacial score (nSPS) is 17.8. The summed E-state index contributed by atoms with van der Waals surface area (Å²) in [6.07, 6.45) is 4.34. The van der Waals surface area contributed by atoms with Crippen molar-refractivity contribution in [2.45, 2.75) is 52.5 Å². The first-order chi connectivity index (χ1) is 16.0. The van der Waals surface area contributed by atoms with Crippen molar-refractivity contribution in [2.75, 3.05) is 32.8 Å². The van der Waals surface area contributed by atoms with E-state index in [9.17, 15) is 4.79 Å². The van der Waals surface area contributed by atoms with Crippen LogP contribution in [-0.2, 0) is 0 Å². The van der Waals surface area contributed by atoms with Crippen LogP contribution in [0.5, 0.6) is 5.75 Å². The maximum absolute atomic E-state index is 13.0. The molecule has 0 aliphatic carbocycles. The zero-order chi connectivity index (χ0) is 23.4. The van der Waals surface area contributed by atoms with Crippen LogP contribution in [0, 0.1) is 6.92 Å². The Labute approximate surface area is 203 Å². The van der Waals surface area contributed by atoms with Crippen LogP contribution in [0.4, 0.5) is 0 Å². The topological polar surface area (TPSA) is 32.8 Å². The lowest BCUT2D eigenvalue weighted by molar-refractivity contribution is 0.0607. The highest BCUT2D eigenvalue weighted by molar-refractivity contribution is 6.31.